The number of carbonyl (C=O) groups is 4. The highest BCUT2D eigenvalue weighted by molar-refractivity contribution is 6.00. The average Bonchev–Trinajstić information content (AvgIpc) is 3.05. The molecule has 1 atom stereocenters. The summed E-state index contributed by atoms with van der Waals surface area (Å²) in [5.74, 6) is -0.888. The van der Waals surface area contributed by atoms with Crippen molar-refractivity contribution in [2.45, 2.75) is 64.9 Å². The predicted molar refractivity (Wildman–Crippen MR) is 185 cm³/mol. The number of nitrogens with one attached hydrogen (secondary N) is 1. The number of pyridine rings is 1. The highest BCUT2D eigenvalue weighted by Gasteiger charge is 2.25. The lowest BCUT2D eigenvalue weighted by molar-refractivity contribution is -0.141. The number of esters is 1. The van der Waals surface area contributed by atoms with Crippen molar-refractivity contribution in [1.82, 2.24) is 10.3 Å². The summed E-state index contributed by atoms with van der Waals surface area (Å²) in [5.41, 5.74) is 2.78. The second-order valence-corrected chi connectivity index (χ2v) is 12.7. The average molecular weight is 654 g/mol. The molecule has 4 aromatic rings. The third-order valence-corrected chi connectivity index (χ3v) is 7.74. The number of aromatic hydroxyl groups is 1. The number of phenolic OH excluding ortho intramolecular Hbond substituents is 1. The van der Waals surface area contributed by atoms with Crippen LogP contribution < -0.4 is 10.2 Å². The molecule has 252 valence electrons. The molecule has 2 amide bonds. The Balaban J connectivity index is 1.39. The van der Waals surface area contributed by atoms with E-state index >= 15 is 0 Å². The minimum atomic E-state index is -0.705. The number of Topliss-reactive ketones (excluding diaryl/α,β-unsaturated/α-hetero) is 1. The van der Waals surface area contributed by atoms with Crippen LogP contribution >= 0.6 is 0 Å². The molecule has 0 radical (unpaired) electrons. The highest BCUT2D eigenvalue weighted by atomic mass is 16.6. The molecule has 3 aromatic carbocycles. The Kier molecular flexibility index (Phi) is 11.9. The van der Waals surface area contributed by atoms with E-state index in [0.717, 1.165) is 33.0 Å². The van der Waals surface area contributed by atoms with Crippen LogP contribution in [0.25, 0.3) is 21.9 Å². The topological polar surface area (TPSA) is 135 Å². The number of phenols is 1. The number of ketones is 1. The van der Waals surface area contributed by atoms with Crippen LogP contribution in [0.15, 0.2) is 79.0 Å². The number of hydrogen-bond acceptors (Lipinski definition) is 8. The van der Waals surface area contributed by atoms with Gasteiger partial charge in [0.15, 0.2) is 5.78 Å². The number of hydrogen-bond donors (Lipinski definition) is 2. The number of aryl methyl sites for hydroxylation is 1. The van der Waals surface area contributed by atoms with Crippen LogP contribution in [0.2, 0.25) is 0 Å². The summed E-state index contributed by atoms with van der Waals surface area (Å²) in [5, 5.41) is 14.6. The normalized spacial score (nSPS) is 11.9. The molecule has 0 aliphatic rings. The van der Waals surface area contributed by atoms with Gasteiger partial charge < -0.3 is 19.9 Å². The third-order valence-electron chi connectivity index (χ3n) is 7.74. The fourth-order valence-electron chi connectivity index (χ4n) is 5.40. The molecule has 4 rings (SSSR count). The van der Waals surface area contributed by atoms with Gasteiger partial charge in [0.2, 0.25) is 5.91 Å². The van der Waals surface area contributed by atoms with Gasteiger partial charge in [-0.1, -0.05) is 54.6 Å². The molecule has 0 fully saturated rings. The van der Waals surface area contributed by atoms with Crippen molar-refractivity contribution in [2.75, 3.05) is 25.1 Å². The molecule has 1 aromatic heterocycles. The zero-order valence-electron chi connectivity index (χ0n) is 28.1. The van der Waals surface area contributed by atoms with E-state index in [1.807, 2.05) is 67.6 Å². The molecule has 10 heteroatoms. The van der Waals surface area contributed by atoms with Crippen LogP contribution in [0.5, 0.6) is 5.75 Å². The molecular weight excluding hydrogens is 610 g/mol. The first kappa shape index (κ1) is 35.6. The van der Waals surface area contributed by atoms with E-state index in [9.17, 15) is 24.3 Å². The molecule has 0 saturated carbocycles. The van der Waals surface area contributed by atoms with Crippen molar-refractivity contribution in [2.24, 2.45) is 0 Å². The summed E-state index contributed by atoms with van der Waals surface area (Å²) in [6, 6.07) is 22.3. The van der Waals surface area contributed by atoms with Crippen molar-refractivity contribution < 1.29 is 33.8 Å². The fourth-order valence-corrected chi connectivity index (χ4v) is 5.40. The largest absolute Gasteiger partial charge is 0.507 e. The van der Waals surface area contributed by atoms with Crippen LogP contribution in [0.1, 0.15) is 63.5 Å². The lowest BCUT2D eigenvalue weighted by atomic mass is 9.88. The molecule has 48 heavy (non-hydrogen) atoms. The minimum Gasteiger partial charge on any atom is -0.507 e. The standard InChI is InChI=1S/C38H43N3O7/c1-25-17-18-39-34(20-25)41(37(46)48-38(2,3)4)19-9-14-35(44)40-24-29(42)22-28(23-36(45)47-5)26-10-8-11-27(21-26)30-15-16-33(43)32-13-7-6-12-31(30)32/h6-8,10-13,15-18,20-21,28,43H,9,14,19,22-24H2,1-5H3,(H,40,44)/t28-/m0/s1. The molecule has 1 heterocycles. The van der Waals surface area contributed by atoms with Crippen LogP contribution in [0.4, 0.5) is 10.6 Å². The van der Waals surface area contributed by atoms with Crippen LogP contribution in [0, 0.1) is 6.92 Å². The zero-order valence-corrected chi connectivity index (χ0v) is 28.1. The van der Waals surface area contributed by atoms with Gasteiger partial charge in [-0.25, -0.2) is 9.78 Å². The quantitative estimate of drug-likeness (QED) is 0.150. The molecule has 0 aliphatic heterocycles. The number of nitrogens with zero attached hydrogens (tertiary/aromatic N) is 2. The number of amides is 2. The Hall–Kier alpha value is -5.25. The summed E-state index contributed by atoms with van der Waals surface area (Å²) in [6.45, 7) is 7.23. The molecule has 0 aliphatic carbocycles. The van der Waals surface area contributed by atoms with Gasteiger partial charge in [-0.3, -0.25) is 19.3 Å². The number of benzene rings is 3. The lowest BCUT2D eigenvalue weighted by Gasteiger charge is -2.27. The first-order valence-corrected chi connectivity index (χ1v) is 15.9. The summed E-state index contributed by atoms with van der Waals surface area (Å²) >= 11 is 0. The number of ether oxygens (including phenoxy) is 2. The predicted octanol–water partition coefficient (Wildman–Crippen LogP) is 6.86. The minimum absolute atomic E-state index is 0.0105. The van der Waals surface area contributed by atoms with Gasteiger partial charge in [0, 0.05) is 36.9 Å². The fraction of sp³-hybridized carbons (Fsp3) is 0.342. The van der Waals surface area contributed by atoms with Crippen LogP contribution in [0.3, 0.4) is 0 Å². The maximum atomic E-state index is 13.1. The zero-order chi connectivity index (χ0) is 34.8. The molecule has 0 saturated heterocycles. The van der Waals surface area contributed by atoms with E-state index in [0.29, 0.717) is 12.2 Å². The monoisotopic (exact) mass is 653 g/mol. The maximum absolute atomic E-state index is 13.1. The molecule has 2 N–H and O–H groups in total. The third kappa shape index (κ3) is 9.87. The summed E-state index contributed by atoms with van der Waals surface area (Å²) < 4.78 is 10.5. The number of rotatable bonds is 13. The van der Waals surface area contributed by atoms with Crippen molar-refractivity contribution in [3.8, 4) is 16.9 Å². The summed E-state index contributed by atoms with van der Waals surface area (Å²) in [7, 11) is 1.30. The smallest absolute Gasteiger partial charge is 0.416 e. The first-order valence-electron chi connectivity index (χ1n) is 15.9. The molecular formula is C38H43N3O7. The summed E-state index contributed by atoms with van der Waals surface area (Å²) in [6.07, 6.45) is 1.45. The van der Waals surface area contributed by atoms with Gasteiger partial charge in [0.05, 0.1) is 20.1 Å². The van der Waals surface area contributed by atoms with E-state index in [-0.39, 0.29) is 49.8 Å². The van der Waals surface area contributed by atoms with Crippen molar-refractivity contribution in [3.63, 3.8) is 0 Å². The van der Waals surface area contributed by atoms with Gasteiger partial charge >= 0.3 is 12.1 Å². The Morgan fingerprint density at radius 1 is 0.938 bits per heavy atom. The van der Waals surface area contributed by atoms with Gasteiger partial charge in [-0.05, 0) is 80.0 Å². The molecule has 0 spiro atoms. The number of aromatic nitrogens is 1. The second-order valence-electron chi connectivity index (χ2n) is 12.7. The van der Waals surface area contributed by atoms with E-state index in [1.54, 1.807) is 39.1 Å². The number of carbonyl (C=O) groups excluding carboxylic acids is 4. The van der Waals surface area contributed by atoms with E-state index in [1.165, 1.54) is 12.0 Å². The van der Waals surface area contributed by atoms with E-state index in [4.69, 9.17) is 9.47 Å². The van der Waals surface area contributed by atoms with Gasteiger partial charge in [0.1, 0.15) is 17.2 Å². The van der Waals surface area contributed by atoms with Gasteiger partial charge in [-0.2, -0.15) is 0 Å². The van der Waals surface area contributed by atoms with Crippen molar-refractivity contribution in [3.05, 3.63) is 90.1 Å². The second kappa shape index (κ2) is 16.0. The SMILES string of the molecule is COC(=O)C[C@H](CC(=O)CNC(=O)CCCN(C(=O)OC(C)(C)C)c1cc(C)ccn1)c1cccc(-c2ccc(O)c3ccccc23)c1. The number of methoxy groups -OCH3 is 1. The van der Waals surface area contributed by atoms with Gasteiger partial charge in [-0.15, -0.1) is 0 Å². The number of anilines is 1. The number of fused-ring (bicyclic) bond motifs is 1. The Bertz CT molecular complexity index is 1780. The molecule has 0 bridgehead atoms. The Labute approximate surface area is 281 Å². The Morgan fingerprint density at radius 2 is 1.69 bits per heavy atom. The van der Waals surface area contributed by atoms with Crippen molar-refractivity contribution in [1.29, 1.82) is 0 Å². The Morgan fingerprint density at radius 3 is 2.40 bits per heavy atom. The van der Waals surface area contributed by atoms with Crippen LogP contribution in [-0.4, -0.2) is 59.6 Å². The molecule has 10 nitrogen and oxygen atoms in total. The summed E-state index contributed by atoms with van der Waals surface area (Å²) in [4.78, 5) is 56.8. The lowest BCUT2D eigenvalue weighted by Crippen LogP contribution is -2.38. The van der Waals surface area contributed by atoms with Gasteiger partial charge in [0.25, 0.3) is 0 Å². The van der Waals surface area contributed by atoms with E-state index in [2.05, 4.69) is 10.3 Å². The molecule has 0 unspecified atom stereocenters. The van der Waals surface area contributed by atoms with Crippen LogP contribution in [-0.2, 0) is 23.9 Å². The van der Waals surface area contributed by atoms with Crippen molar-refractivity contribution >= 4 is 40.3 Å². The highest BCUT2D eigenvalue weighted by Crippen LogP contribution is 2.36. The maximum Gasteiger partial charge on any atom is 0.416 e. The van der Waals surface area contributed by atoms with E-state index < -0.39 is 23.6 Å². The first-order chi connectivity index (χ1) is 22.8.